The number of benzene rings is 3. The summed E-state index contributed by atoms with van der Waals surface area (Å²) in [4.78, 5) is 20.8. The van der Waals surface area contributed by atoms with Crippen molar-refractivity contribution in [3.8, 4) is 0 Å². The summed E-state index contributed by atoms with van der Waals surface area (Å²) in [6, 6.07) is 22.7. The molecule has 0 N–H and O–H groups in total. The first-order chi connectivity index (χ1) is 15.1. The van der Waals surface area contributed by atoms with Gasteiger partial charge in [0.2, 0.25) is 5.91 Å². The van der Waals surface area contributed by atoms with Gasteiger partial charge in [-0.1, -0.05) is 36.4 Å². The number of aromatic nitrogens is 2. The normalized spacial score (nSPS) is 16.4. The van der Waals surface area contributed by atoms with Crippen molar-refractivity contribution in [2.45, 2.75) is 23.8 Å². The molecule has 0 saturated carbocycles. The van der Waals surface area contributed by atoms with Crippen molar-refractivity contribution in [3.05, 3.63) is 90.0 Å². The summed E-state index contributed by atoms with van der Waals surface area (Å²) in [7, 11) is 0. The number of hydrogen-bond acceptors (Lipinski definition) is 3. The van der Waals surface area contributed by atoms with Crippen molar-refractivity contribution in [3.63, 3.8) is 0 Å². The summed E-state index contributed by atoms with van der Waals surface area (Å²) in [5.41, 5.74) is 3.34. The highest BCUT2D eigenvalue weighted by Crippen LogP contribution is 2.34. The summed E-state index contributed by atoms with van der Waals surface area (Å²) >= 11 is 1.66. The molecule has 1 atom stereocenters. The van der Waals surface area contributed by atoms with E-state index >= 15 is 0 Å². The average Bonchev–Trinajstić information content (AvgIpc) is 3.36. The number of hydrogen-bond donors (Lipinski definition) is 0. The summed E-state index contributed by atoms with van der Waals surface area (Å²) < 4.78 is 16.5. The molecule has 6 heteroatoms. The number of fused-ring (bicyclic) bond motifs is 1. The lowest BCUT2D eigenvalue weighted by Crippen LogP contribution is -2.24. The van der Waals surface area contributed by atoms with Crippen LogP contribution in [0.4, 0.5) is 10.1 Å². The highest BCUT2D eigenvalue weighted by Gasteiger charge is 2.35. The van der Waals surface area contributed by atoms with Crippen LogP contribution in [0.3, 0.4) is 0 Å². The van der Waals surface area contributed by atoms with E-state index in [9.17, 15) is 9.18 Å². The number of carbonyl (C=O) groups excluding carboxylic acids is 1. The molecule has 0 bridgehead atoms. The molecule has 0 spiro atoms. The Morgan fingerprint density at radius 2 is 1.87 bits per heavy atom. The lowest BCUT2D eigenvalue weighted by Gasteiger charge is -2.18. The van der Waals surface area contributed by atoms with Gasteiger partial charge in [0.1, 0.15) is 11.6 Å². The molecule has 31 heavy (non-hydrogen) atoms. The molecule has 4 nitrogen and oxygen atoms in total. The van der Waals surface area contributed by atoms with Crippen LogP contribution in [0.1, 0.15) is 23.7 Å². The van der Waals surface area contributed by atoms with E-state index in [1.807, 2.05) is 65.8 Å². The Labute approximate surface area is 184 Å². The number of rotatable bonds is 5. The first-order valence-electron chi connectivity index (χ1n) is 10.3. The SMILES string of the molecule is CSc1cccc(N2C[C@H](c3nc4ccccc4n3Cc3ccccc3F)CC2=O)c1. The number of amides is 1. The Balaban J connectivity index is 1.53. The number of nitrogens with zero attached hydrogens (tertiary/aromatic N) is 3. The first-order valence-corrected chi connectivity index (χ1v) is 11.5. The molecule has 0 unspecified atom stereocenters. The molecule has 0 aliphatic carbocycles. The molecule has 0 radical (unpaired) electrons. The zero-order valence-corrected chi connectivity index (χ0v) is 18.0. The summed E-state index contributed by atoms with van der Waals surface area (Å²) in [6.07, 6.45) is 2.42. The van der Waals surface area contributed by atoms with Gasteiger partial charge in [0.05, 0.1) is 17.6 Å². The van der Waals surface area contributed by atoms with Crippen LogP contribution in [0.25, 0.3) is 11.0 Å². The van der Waals surface area contributed by atoms with Crippen molar-refractivity contribution >= 4 is 34.4 Å². The zero-order valence-electron chi connectivity index (χ0n) is 17.2. The number of imidazole rings is 1. The van der Waals surface area contributed by atoms with Crippen LogP contribution >= 0.6 is 11.8 Å². The second-order valence-electron chi connectivity index (χ2n) is 7.74. The Bertz CT molecular complexity index is 1270. The van der Waals surface area contributed by atoms with E-state index in [0.717, 1.165) is 27.4 Å². The van der Waals surface area contributed by atoms with E-state index in [-0.39, 0.29) is 17.6 Å². The monoisotopic (exact) mass is 431 g/mol. The van der Waals surface area contributed by atoms with E-state index in [2.05, 4.69) is 4.57 Å². The Morgan fingerprint density at radius 3 is 2.71 bits per heavy atom. The van der Waals surface area contributed by atoms with Crippen molar-refractivity contribution in [1.29, 1.82) is 0 Å². The van der Waals surface area contributed by atoms with Crippen molar-refractivity contribution < 1.29 is 9.18 Å². The van der Waals surface area contributed by atoms with Gasteiger partial charge in [-0.2, -0.15) is 0 Å². The number of para-hydroxylation sites is 2. The molecule has 1 amide bonds. The lowest BCUT2D eigenvalue weighted by atomic mass is 10.1. The van der Waals surface area contributed by atoms with Crippen LogP contribution in [0.2, 0.25) is 0 Å². The molecule has 5 rings (SSSR count). The molecule has 3 aromatic carbocycles. The molecule has 2 heterocycles. The second-order valence-corrected chi connectivity index (χ2v) is 8.62. The minimum absolute atomic E-state index is 0.0513. The van der Waals surface area contributed by atoms with Gasteiger partial charge < -0.3 is 9.47 Å². The van der Waals surface area contributed by atoms with Gasteiger partial charge in [-0.25, -0.2) is 9.37 Å². The van der Waals surface area contributed by atoms with Crippen LogP contribution < -0.4 is 4.90 Å². The third kappa shape index (κ3) is 3.72. The van der Waals surface area contributed by atoms with Gasteiger partial charge in [0, 0.05) is 35.0 Å². The Morgan fingerprint density at radius 1 is 1.06 bits per heavy atom. The number of carbonyl (C=O) groups is 1. The maximum atomic E-state index is 14.4. The van der Waals surface area contributed by atoms with E-state index in [1.54, 1.807) is 23.9 Å². The van der Waals surface area contributed by atoms with Crippen LogP contribution in [0.15, 0.2) is 77.7 Å². The molecule has 1 aliphatic rings. The maximum Gasteiger partial charge on any atom is 0.227 e. The van der Waals surface area contributed by atoms with Crippen molar-refractivity contribution in [1.82, 2.24) is 9.55 Å². The minimum Gasteiger partial charge on any atom is -0.323 e. The largest absolute Gasteiger partial charge is 0.323 e. The van der Waals surface area contributed by atoms with Gasteiger partial charge in [0.15, 0.2) is 0 Å². The number of halogens is 1. The van der Waals surface area contributed by atoms with E-state index in [4.69, 9.17) is 4.98 Å². The maximum absolute atomic E-state index is 14.4. The minimum atomic E-state index is -0.232. The molecule has 1 saturated heterocycles. The quantitative estimate of drug-likeness (QED) is 0.394. The van der Waals surface area contributed by atoms with Crippen molar-refractivity contribution in [2.75, 3.05) is 17.7 Å². The van der Waals surface area contributed by atoms with Crippen LogP contribution in [0, 0.1) is 5.82 Å². The zero-order chi connectivity index (χ0) is 21.4. The second kappa shape index (κ2) is 8.19. The van der Waals surface area contributed by atoms with E-state index in [1.165, 1.54) is 6.07 Å². The highest BCUT2D eigenvalue weighted by atomic mass is 32.2. The fourth-order valence-electron chi connectivity index (χ4n) is 4.28. The average molecular weight is 432 g/mol. The third-order valence-electron chi connectivity index (χ3n) is 5.83. The smallest absolute Gasteiger partial charge is 0.227 e. The van der Waals surface area contributed by atoms with Crippen LogP contribution in [0.5, 0.6) is 0 Å². The van der Waals surface area contributed by atoms with Gasteiger partial charge in [-0.15, -0.1) is 11.8 Å². The molecule has 4 aromatic rings. The van der Waals surface area contributed by atoms with E-state index < -0.39 is 0 Å². The fourth-order valence-corrected chi connectivity index (χ4v) is 4.73. The van der Waals surface area contributed by atoms with Crippen molar-refractivity contribution in [2.24, 2.45) is 0 Å². The molecular weight excluding hydrogens is 409 g/mol. The standard InChI is InChI=1S/C25H22FN3OS/c1-31-20-9-6-8-19(14-20)28-16-18(13-24(28)30)25-27-22-11-4-5-12-23(22)29(25)15-17-7-2-3-10-21(17)26/h2-12,14,18H,13,15-16H2,1H3/t18-/m1/s1. The summed E-state index contributed by atoms with van der Waals surface area (Å²) in [6.45, 7) is 0.951. The fraction of sp³-hybridized carbons (Fsp3) is 0.200. The number of anilines is 1. The van der Waals surface area contributed by atoms with Gasteiger partial charge in [-0.05, 0) is 42.7 Å². The van der Waals surface area contributed by atoms with Gasteiger partial charge in [0.25, 0.3) is 0 Å². The number of thioether (sulfide) groups is 1. The Kier molecular flexibility index (Phi) is 5.24. The Hall–Kier alpha value is -3.12. The predicted molar refractivity (Wildman–Crippen MR) is 123 cm³/mol. The molecule has 1 aliphatic heterocycles. The molecule has 1 fully saturated rings. The van der Waals surface area contributed by atoms with Gasteiger partial charge >= 0.3 is 0 Å². The van der Waals surface area contributed by atoms with Crippen LogP contribution in [-0.4, -0.2) is 28.3 Å². The first kappa shape index (κ1) is 19.8. The predicted octanol–water partition coefficient (Wildman–Crippen LogP) is 5.47. The molecule has 156 valence electrons. The topological polar surface area (TPSA) is 38.1 Å². The van der Waals surface area contributed by atoms with Crippen LogP contribution in [-0.2, 0) is 11.3 Å². The molecular formula is C25H22FN3OS. The summed E-state index contributed by atoms with van der Waals surface area (Å²) in [5, 5.41) is 0. The third-order valence-corrected chi connectivity index (χ3v) is 6.55. The summed E-state index contributed by atoms with van der Waals surface area (Å²) in [5.74, 6) is 0.642. The van der Waals surface area contributed by atoms with Gasteiger partial charge in [-0.3, -0.25) is 4.79 Å². The highest BCUT2D eigenvalue weighted by molar-refractivity contribution is 7.98. The molecule has 1 aromatic heterocycles. The van der Waals surface area contributed by atoms with E-state index in [0.29, 0.717) is 25.1 Å². The lowest BCUT2D eigenvalue weighted by molar-refractivity contribution is -0.117.